The van der Waals surface area contributed by atoms with Gasteiger partial charge in [0.25, 0.3) is 10.1 Å². The second-order valence-corrected chi connectivity index (χ2v) is 6.98. The van der Waals surface area contributed by atoms with E-state index >= 15 is 0 Å². The maximum absolute atomic E-state index is 12.1. The van der Waals surface area contributed by atoms with Crippen LogP contribution >= 0.6 is 0 Å². The zero-order valence-electron chi connectivity index (χ0n) is 12.0. The molecule has 21 heavy (non-hydrogen) atoms. The van der Waals surface area contributed by atoms with Crippen molar-refractivity contribution in [2.75, 3.05) is 6.26 Å². The van der Waals surface area contributed by atoms with E-state index in [1.165, 1.54) is 0 Å². The van der Waals surface area contributed by atoms with E-state index in [0.29, 0.717) is 12.8 Å². The third-order valence-corrected chi connectivity index (χ3v) is 4.12. The number of benzene rings is 1. The Morgan fingerprint density at radius 1 is 1.24 bits per heavy atom. The average Bonchev–Trinajstić information content (AvgIpc) is 2.44. The van der Waals surface area contributed by atoms with Crippen LogP contribution in [0.4, 0.5) is 0 Å². The molecule has 2 atom stereocenters. The molecule has 0 radical (unpaired) electrons. The first kappa shape index (κ1) is 16.0. The molecule has 1 aliphatic carbocycles. The van der Waals surface area contributed by atoms with Crippen molar-refractivity contribution in [1.82, 2.24) is 0 Å². The molecule has 0 N–H and O–H groups in total. The largest absolute Gasteiger partial charge is 0.461 e. The molecule has 116 valence electrons. The molecule has 0 aromatic heterocycles. The number of carbonyl (C=O) groups excluding carboxylic acids is 1. The smallest absolute Gasteiger partial charge is 0.309 e. The molecule has 0 unspecified atom stereocenters. The van der Waals surface area contributed by atoms with Crippen LogP contribution in [0.25, 0.3) is 0 Å². The molecule has 5 nitrogen and oxygen atoms in total. The quantitative estimate of drug-likeness (QED) is 0.616. The third-order valence-electron chi connectivity index (χ3n) is 3.49. The highest BCUT2D eigenvalue weighted by Gasteiger charge is 2.30. The fourth-order valence-corrected chi connectivity index (χ4v) is 3.21. The number of carbonyl (C=O) groups is 1. The van der Waals surface area contributed by atoms with Gasteiger partial charge in [0, 0.05) is 0 Å². The van der Waals surface area contributed by atoms with Crippen LogP contribution in [-0.2, 0) is 30.4 Å². The summed E-state index contributed by atoms with van der Waals surface area (Å²) >= 11 is 0. The van der Waals surface area contributed by atoms with Crippen molar-refractivity contribution in [3.05, 3.63) is 35.9 Å². The normalized spacial score (nSPS) is 22.7. The highest BCUT2D eigenvalue weighted by Crippen LogP contribution is 2.28. The minimum Gasteiger partial charge on any atom is -0.461 e. The van der Waals surface area contributed by atoms with Crippen molar-refractivity contribution in [1.29, 1.82) is 0 Å². The monoisotopic (exact) mass is 312 g/mol. The van der Waals surface area contributed by atoms with Gasteiger partial charge in [-0.2, -0.15) is 8.42 Å². The second kappa shape index (κ2) is 7.04. The molecule has 1 aliphatic rings. The summed E-state index contributed by atoms with van der Waals surface area (Å²) in [6, 6.07) is 9.46. The number of ether oxygens (including phenoxy) is 1. The predicted molar refractivity (Wildman–Crippen MR) is 77.9 cm³/mol. The topological polar surface area (TPSA) is 69.7 Å². The van der Waals surface area contributed by atoms with Crippen LogP contribution in [0.1, 0.15) is 31.2 Å². The van der Waals surface area contributed by atoms with E-state index in [1.54, 1.807) is 0 Å². The second-order valence-electron chi connectivity index (χ2n) is 5.38. The molecule has 1 aromatic carbocycles. The maximum Gasteiger partial charge on any atom is 0.309 e. The van der Waals surface area contributed by atoms with Crippen molar-refractivity contribution in [2.24, 2.45) is 5.92 Å². The predicted octanol–water partition coefficient (Wildman–Crippen LogP) is 2.26. The summed E-state index contributed by atoms with van der Waals surface area (Å²) in [5.41, 5.74) is 0.936. The van der Waals surface area contributed by atoms with E-state index in [-0.39, 0.29) is 18.5 Å². The summed E-state index contributed by atoms with van der Waals surface area (Å²) < 4.78 is 32.6. The van der Waals surface area contributed by atoms with E-state index < -0.39 is 16.2 Å². The number of hydrogen-bond acceptors (Lipinski definition) is 5. The summed E-state index contributed by atoms with van der Waals surface area (Å²) in [6.45, 7) is 0.244. The first-order chi connectivity index (χ1) is 9.94. The van der Waals surface area contributed by atoms with Gasteiger partial charge in [-0.1, -0.05) is 30.3 Å². The van der Waals surface area contributed by atoms with Crippen LogP contribution in [0.3, 0.4) is 0 Å². The van der Waals surface area contributed by atoms with Crippen molar-refractivity contribution in [3.8, 4) is 0 Å². The molecule has 0 amide bonds. The minimum absolute atomic E-state index is 0.244. The summed E-state index contributed by atoms with van der Waals surface area (Å²) in [7, 11) is -3.48. The lowest BCUT2D eigenvalue weighted by atomic mass is 9.87. The third kappa shape index (κ3) is 5.47. The Balaban J connectivity index is 1.84. The zero-order valence-corrected chi connectivity index (χ0v) is 12.8. The number of rotatable bonds is 5. The molecule has 1 aromatic rings. The average molecular weight is 312 g/mol. The summed E-state index contributed by atoms with van der Waals surface area (Å²) in [5, 5.41) is 0. The zero-order chi connectivity index (χ0) is 15.3. The Labute approximate surface area is 125 Å². The standard InChI is InChI=1S/C15H20O5S/c1-21(17,18)20-14-9-5-8-13(10-14)15(16)19-11-12-6-3-2-4-7-12/h2-4,6-7,13-14H,5,8-11H2,1H3/t13-,14-/m1/s1. The van der Waals surface area contributed by atoms with Crippen molar-refractivity contribution >= 4 is 16.1 Å². The first-order valence-corrected chi connectivity index (χ1v) is 8.84. The van der Waals surface area contributed by atoms with Crippen LogP contribution in [0.5, 0.6) is 0 Å². The van der Waals surface area contributed by atoms with Gasteiger partial charge < -0.3 is 4.74 Å². The van der Waals surface area contributed by atoms with Crippen LogP contribution in [0.2, 0.25) is 0 Å². The van der Waals surface area contributed by atoms with E-state index in [4.69, 9.17) is 8.92 Å². The molecule has 1 saturated carbocycles. The van der Waals surface area contributed by atoms with E-state index in [9.17, 15) is 13.2 Å². The number of hydrogen-bond donors (Lipinski definition) is 0. The van der Waals surface area contributed by atoms with Gasteiger partial charge in [-0.15, -0.1) is 0 Å². The summed E-state index contributed by atoms with van der Waals surface area (Å²) in [5.74, 6) is -0.560. The van der Waals surface area contributed by atoms with Gasteiger partial charge in [-0.3, -0.25) is 8.98 Å². The van der Waals surface area contributed by atoms with E-state index in [2.05, 4.69) is 0 Å². The van der Waals surface area contributed by atoms with Gasteiger partial charge in [-0.05, 0) is 31.2 Å². The van der Waals surface area contributed by atoms with Gasteiger partial charge in [-0.25, -0.2) is 0 Å². The fourth-order valence-electron chi connectivity index (χ4n) is 2.54. The van der Waals surface area contributed by atoms with Crippen LogP contribution in [0, 0.1) is 5.92 Å². The Bertz CT molecular complexity index is 567. The molecular weight excluding hydrogens is 292 g/mol. The van der Waals surface area contributed by atoms with Crippen molar-refractivity contribution in [3.63, 3.8) is 0 Å². The molecule has 0 saturated heterocycles. The van der Waals surface area contributed by atoms with Crippen molar-refractivity contribution < 1.29 is 22.1 Å². The van der Waals surface area contributed by atoms with Gasteiger partial charge in [0.1, 0.15) is 6.61 Å². The summed E-state index contributed by atoms with van der Waals surface area (Å²) in [6.07, 6.45) is 3.17. The van der Waals surface area contributed by atoms with E-state index in [1.807, 2.05) is 30.3 Å². The summed E-state index contributed by atoms with van der Waals surface area (Å²) in [4.78, 5) is 12.1. The fraction of sp³-hybridized carbons (Fsp3) is 0.533. The Morgan fingerprint density at radius 2 is 1.95 bits per heavy atom. The molecular formula is C15H20O5S. The lowest BCUT2D eigenvalue weighted by Crippen LogP contribution is -2.30. The van der Waals surface area contributed by atoms with Crippen LogP contribution < -0.4 is 0 Å². The first-order valence-electron chi connectivity index (χ1n) is 7.03. The SMILES string of the molecule is CS(=O)(=O)O[C@@H]1CCC[C@@H](C(=O)OCc2ccccc2)C1. The van der Waals surface area contributed by atoms with Crippen molar-refractivity contribution in [2.45, 2.75) is 38.4 Å². The molecule has 0 spiro atoms. The molecule has 1 fully saturated rings. The molecule has 0 heterocycles. The Kier molecular flexibility index (Phi) is 5.36. The van der Waals surface area contributed by atoms with Gasteiger partial charge in [0.2, 0.25) is 0 Å². The Hall–Kier alpha value is -1.40. The molecule has 2 rings (SSSR count). The van der Waals surface area contributed by atoms with Crippen LogP contribution in [-0.4, -0.2) is 26.7 Å². The highest BCUT2D eigenvalue weighted by atomic mass is 32.2. The molecule has 0 aliphatic heterocycles. The highest BCUT2D eigenvalue weighted by molar-refractivity contribution is 7.86. The van der Waals surface area contributed by atoms with Gasteiger partial charge >= 0.3 is 5.97 Å². The lowest BCUT2D eigenvalue weighted by molar-refractivity contribution is -0.152. The molecule has 6 heteroatoms. The molecule has 0 bridgehead atoms. The van der Waals surface area contributed by atoms with Crippen LogP contribution in [0.15, 0.2) is 30.3 Å². The Morgan fingerprint density at radius 3 is 2.62 bits per heavy atom. The van der Waals surface area contributed by atoms with E-state index in [0.717, 1.165) is 24.7 Å². The number of esters is 1. The maximum atomic E-state index is 12.1. The van der Waals surface area contributed by atoms with Gasteiger partial charge in [0.05, 0.1) is 18.3 Å². The lowest BCUT2D eigenvalue weighted by Gasteiger charge is -2.26. The minimum atomic E-state index is -3.48. The van der Waals surface area contributed by atoms with Gasteiger partial charge in [0.15, 0.2) is 0 Å².